The molecule has 1 N–H and O–H groups in total. The highest BCUT2D eigenvalue weighted by Crippen LogP contribution is 2.21. The Morgan fingerprint density at radius 3 is 2.43 bits per heavy atom. The van der Waals surface area contributed by atoms with Crippen LogP contribution in [0.5, 0.6) is 0 Å². The summed E-state index contributed by atoms with van der Waals surface area (Å²) in [6, 6.07) is 16.3. The van der Waals surface area contributed by atoms with Gasteiger partial charge in [0.2, 0.25) is 10.0 Å². The number of H-pyrrole nitrogens is 1. The predicted molar refractivity (Wildman–Crippen MR) is 110 cm³/mol. The molecule has 1 aliphatic heterocycles. The van der Waals surface area contributed by atoms with Gasteiger partial charge >= 0.3 is 0 Å². The summed E-state index contributed by atoms with van der Waals surface area (Å²) >= 11 is 6.00. The Kier molecular flexibility index (Phi) is 5.14. The zero-order chi connectivity index (χ0) is 19.7. The van der Waals surface area contributed by atoms with Crippen molar-refractivity contribution in [1.82, 2.24) is 14.2 Å². The van der Waals surface area contributed by atoms with E-state index in [1.165, 1.54) is 4.31 Å². The molecule has 0 aliphatic carbocycles. The van der Waals surface area contributed by atoms with E-state index in [9.17, 15) is 13.2 Å². The molecule has 6 nitrogen and oxygen atoms in total. The van der Waals surface area contributed by atoms with Crippen LogP contribution >= 0.6 is 11.6 Å². The minimum Gasteiger partial charge on any atom is -0.351 e. The number of piperazine rings is 1. The van der Waals surface area contributed by atoms with Gasteiger partial charge in [-0.15, -0.1) is 0 Å². The lowest BCUT2D eigenvalue weighted by molar-refractivity contribution is 0.0693. The maximum absolute atomic E-state index is 12.8. The molecule has 2 heterocycles. The van der Waals surface area contributed by atoms with Gasteiger partial charge in [0, 0.05) is 42.1 Å². The standard InChI is InChI=1S/C20H20ClN3O3S/c21-17-6-7-18-16(12-17)13-19(22-18)20(25)23-8-10-24(11-9-23)28(26,27)14-15-4-2-1-3-5-15/h1-7,12-13,22H,8-11,14H2. The SMILES string of the molecule is O=C(c1cc2cc(Cl)ccc2[nH]1)N1CCN(S(=O)(=O)Cc2ccccc2)CC1. The summed E-state index contributed by atoms with van der Waals surface area (Å²) < 4.78 is 26.8. The number of nitrogens with zero attached hydrogens (tertiary/aromatic N) is 2. The highest BCUT2D eigenvalue weighted by Gasteiger charge is 2.29. The molecular formula is C20H20ClN3O3S. The van der Waals surface area contributed by atoms with Crippen LogP contribution in [-0.4, -0.2) is 54.7 Å². The second-order valence-corrected chi connectivity index (χ2v) is 9.25. The lowest BCUT2D eigenvalue weighted by atomic mass is 10.2. The molecule has 28 heavy (non-hydrogen) atoms. The monoisotopic (exact) mass is 417 g/mol. The largest absolute Gasteiger partial charge is 0.351 e. The molecular weight excluding hydrogens is 398 g/mol. The zero-order valence-corrected chi connectivity index (χ0v) is 16.7. The third-order valence-electron chi connectivity index (χ3n) is 4.92. The second-order valence-electron chi connectivity index (χ2n) is 6.85. The first-order chi connectivity index (χ1) is 13.4. The summed E-state index contributed by atoms with van der Waals surface area (Å²) in [5, 5.41) is 1.49. The van der Waals surface area contributed by atoms with Gasteiger partial charge in [0.25, 0.3) is 5.91 Å². The summed E-state index contributed by atoms with van der Waals surface area (Å²) in [4.78, 5) is 17.6. The molecule has 0 spiro atoms. The Balaban J connectivity index is 1.42. The third kappa shape index (κ3) is 3.92. The van der Waals surface area contributed by atoms with Gasteiger partial charge in [-0.05, 0) is 29.8 Å². The van der Waals surface area contributed by atoms with Crippen LogP contribution in [-0.2, 0) is 15.8 Å². The van der Waals surface area contributed by atoms with Gasteiger partial charge in [0.15, 0.2) is 0 Å². The Hall–Kier alpha value is -2.35. The van der Waals surface area contributed by atoms with Gasteiger partial charge in [0.05, 0.1) is 5.75 Å². The maximum atomic E-state index is 12.8. The lowest BCUT2D eigenvalue weighted by Gasteiger charge is -2.33. The zero-order valence-electron chi connectivity index (χ0n) is 15.1. The number of nitrogens with one attached hydrogen (secondary N) is 1. The summed E-state index contributed by atoms with van der Waals surface area (Å²) in [5.74, 6) is -0.155. The number of sulfonamides is 1. The van der Waals surface area contributed by atoms with E-state index in [1.807, 2.05) is 24.3 Å². The topological polar surface area (TPSA) is 73.5 Å². The first-order valence-corrected chi connectivity index (χ1v) is 11.0. The molecule has 8 heteroatoms. The van der Waals surface area contributed by atoms with Crippen LogP contribution in [0.3, 0.4) is 0 Å². The number of rotatable bonds is 4. The van der Waals surface area contributed by atoms with E-state index in [-0.39, 0.29) is 11.7 Å². The van der Waals surface area contributed by atoms with E-state index >= 15 is 0 Å². The van der Waals surface area contributed by atoms with Gasteiger partial charge in [-0.25, -0.2) is 8.42 Å². The highest BCUT2D eigenvalue weighted by molar-refractivity contribution is 7.88. The average molecular weight is 418 g/mol. The quantitative estimate of drug-likeness (QED) is 0.708. The lowest BCUT2D eigenvalue weighted by Crippen LogP contribution is -2.50. The number of aromatic nitrogens is 1. The maximum Gasteiger partial charge on any atom is 0.270 e. The van der Waals surface area contributed by atoms with Crippen molar-refractivity contribution in [2.45, 2.75) is 5.75 Å². The van der Waals surface area contributed by atoms with Crippen molar-refractivity contribution in [2.75, 3.05) is 26.2 Å². The van der Waals surface area contributed by atoms with E-state index in [1.54, 1.807) is 35.2 Å². The van der Waals surface area contributed by atoms with Crippen molar-refractivity contribution in [3.8, 4) is 0 Å². The van der Waals surface area contributed by atoms with Crippen LogP contribution in [0.2, 0.25) is 5.02 Å². The van der Waals surface area contributed by atoms with Crippen LogP contribution in [0.4, 0.5) is 0 Å². The van der Waals surface area contributed by atoms with Gasteiger partial charge in [-0.2, -0.15) is 4.31 Å². The van der Waals surface area contributed by atoms with Crippen molar-refractivity contribution in [1.29, 1.82) is 0 Å². The summed E-state index contributed by atoms with van der Waals surface area (Å²) in [6.07, 6.45) is 0. The molecule has 1 fully saturated rings. The van der Waals surface area contributed by atoms with Crippen LogP contribution in [0, 0.1) is 0 Å². The van der Waals surface area contributed by atoms with E-state index < -0.39 is 10.0 Å². The Labute approximate surface area is 168 Å². The first kappa shape index (κ1) is 19.0. The molecule has 1 saturated heterocycles. The minimum atomic E-state index is -3.40. The average Bonchev–Trinajstić information content (AvgIpc) is 3.11. The highest BCUT2D eigenvalue weighted by atomic mass is 35.5. The van der Waals surface area contributed by atoms with Crippen molar-refractivity contribution >= 4 is 38.4 Å². The summed E-state index contributed by atoms with van der Waals surface area (Å²) in [5.41, 5.74) is 2.09. The normalized spacial score (nSPS) is 15.8. The van der Waals surface area contributed by atoms with E-state index in [4.69, 9.17) is 11.6 Å². The summed E-state index contributed by atoms with van der Waals surface area (Å²) in [7, 11) is -3.40. The van der Waals surface area contributed by atoms with E-state index in [0.717, 1.165) is 16.5 Å². The van der Waals surface area contributed by atoms with Gasteiger partial charge in [-0.1, -0.05) is 41.9 Å². The van der Waals surface area contributed by atoms with Crippen molar-refractivity contribution in [3.05, 3.63) is 70.9 Å². The molecule has 1 aliphatic rings. The van der Waals surface area contributed by atoms with Crippen LogP contribution in [0.1, 0.15) is 16.1 Å². The fourth-order valence-corrected chi connectivity index (χ4v) is 5.13. The number of carbonyl (C=O) groups excluding carboxylic acids is 1. The first-order valence-electron chi connectivity index (χ1n) is 9.02. The van der Waals surface area contributed by atoms with Crippen molar-refractivity contribution in [2.24, 2.45) is 0 Å². The van der Waals surface area contributed by atoms with Gasteiger partial charge in [0.1, 0.15) is 5.69 Å². The number of halogens is 1. The number of hydrogen-bond acceptors (Lipinski definition) is 3. The smallest absolute Gasteiger partial charge is 0.270 e. The number of hydrogen-bond donors (Lipinski definition) is 1. The fraction of sp³-hybridized carbons (Fsp3) is 0.250. The molecule has 0 saturated carbocycles. The molecule has 1 amide bonds. The van der Waals surface area contributed by atoms with Crippen molar-refractivity contribution < 1.29 is 13.2 Å². The number of fused-ring (bicyclic) bond motifs is 1. The number of amides is 1. The number of benzene rings is 2. The Morgan fingerprint density at radius 2 is 1.71 bits per heavy atom. The van der Waals surface area contributed by atoms with E-state index in [2.05, 4.69) is 4.98 Å². The molecule has 0 unspecified atom stereocenters. The molecule has 0 atom stereocenters. The molecule has 4 rings (SSSR count). The Bertz CT molecular complexity index is 1100. The molecule has 146 valence electrons. The van der Waals surface area contributed by atoms with E-state index in [0.29, 0.717) is 36.9 Å². The number of carbonyl (C=O) groups is 1. The molecule has 2 aromatic carbocycles. The van der Waals surface area contributed by atoms with Crippen LogP contribution in [0.15, 0.2) is 54.6 Å². The second kappa shape index (κ2) is 7.58. The minimum absolute atomic E-state index is 0.0233. The molecule has 3 aromatic rings. The molecule has 1 aromatic heterocycles. The van der Waals surface area contributed by atoms with Crippen LogP contribution in [0.25, 0.3) is 10.9 Å². The summed E-state index contributed by atoms with van der Waals surface area (Å²) in [6.45, 7) is 1.33. The number of aromatic amines is 1. The Morgan fingerprint density at radius 1 is 1.00 bits per heavy atom. The third-order valence-corrected chi connectivity index (χ3v) is 7.01. The predicted octanol–water partition coefficient (Wildman–Crippen LogP) is 3.11. The molecule has 0 radical (unpaired) electrons. The molecule has 0 bridgehead atoms. The van der Waals surface area contributed by atoms with Crippen LogP contribution < -0.4 is 0 Å². The van der Waals surface area contributed by atoms with Crippen molar-refractivity contribution in [3.63, 3.8) is 0 Å². The van der Waals surface area contributed by atoms with Gasteiger partial charge in [-0.3, -0.25) is 4.79 Å². The fourth-order valence-electron chi connectivity index (χ4n) is 3.43. The van der Waals surface area contributed by atoms with Gasteiger partial charge < -0.3 is 9.88 Å².